The van der Waals surface area contributed by atoms with Crippen LogP contribution in [0.4, 0.5) is 9.18 Å². The fraction of sp³-hybridized carbons (Fsp3) is 0.174. The number of hydrogen-bond donors (Lipinski definition) is 2. The maximum Gasteiger partial charge on any atom is 0.315 e. The number of rotatable bonds is 6. The third-order valence-electron chi connectivity index (χ3n) is 4.80. The van der Waals surface area contributed by atoms with Gasteiger partial charge >= 0.3 is 6.03 Å². The Morgan fingerprint density at radius 3 is 2.57 bits per heavy atom. The Balaban J connectivity index is 1.43. The van der Waals surface area contributed by atoms with E-state index in [1.807, 2.05) is 47.9 Å². The van der Waals surface area contributed by atoms with Crippen LogP contribution in [0.3, 0.4) is 0 Å². The first-order chi connectivity index (χ1) is 14.6. The third-order valence-corrected chi connectivity index (χ3v) is 4.80. The van der Waals surface area contributed by atoms with Crippen molar-refractivity contribution in [3.05, 3.63) is 83.8 Å². The van der Waals surface area contributed by atoms with Crippen molar-refractivity contribution < 1.29 is 9.18 Å². The van der Waals surface area contributed by atoms with Crippen molar-refractivity contribution in [3.63, 3.8) is 0 Å². The Hall–Kier alpha value is -3.74. The minimum atomic E-state index is -0.297. The molecular formula is C23H22FN5O. The predicted octanol–water partition coefficient (Wildman–Crippen LogP) is 4.05. The van der Waals surface area contributed by atoms with Gasteiger partial charge in [-0.2, -0.15) is 0 Å². The number of aryl methyl sites for hydroxylation is 1. The molecule has 6 nitrogen and oxygen atoms in total. The number of carbonyl (C=O) groups excluding carboxylic acids is 1. The van der Waals surface area contributed by atoms with E-state index in [0.717, 1.165) is 28.1 Å². The highest BCUT2D eigenvalue weighted by Gasteiger charge is 2.13. The normalized spacial score (nSPS) is 10.9. The van der Waals surface area contributed by atoms with Gasteiger partial charge in [0.1, 0.15) is 17.2 Å². The van der Waals surface area contributed by atoms with Crippen LogP contribution in [0.2, 0.25) is 0 Å². The molecule has 0 atom stereocenters. The van der Waals surface area contributed by atoms with Gasteiger partial charge in [0.25, 0.3) is 0 Å². The average Bonchev–Trinajstić information content (AvgIpc) is 3.12. The Labute approximate surface area is 173 Å². The van der Waals surface area contributed by atoms with Crippen LogP contribution < -0.4 is 10.6 Å². The van der Waals surface area contributed by atoms with Crippen molar-refractivity contribution >= 4 is 17.2 Å². The van der Waals surface area contributed by atoms with Crippen LogP contribution in [0.1, 0.15) is 11.1 Å². The zero-order chi connectivity index (χ0) is 20.9. The number of benzene rings is 2. The molecule has 30 heavy (non-hydrogen) atoms. The molecule has 152 valence electrons. The van der Waals surface area contributed by atoms with Crippen molar-refractivity contribution in [2.45, 2.75) is 20.0 Å². The summed E-state index contributed by atoms with van der Waals surface area (Å²) in [5.41, 5.74) is 4.60. The number of carbonyl (C=O) groups is 1. The van der Waals surface area contributed by atoms with Crippen LogP contribution in [-0.4, -0.2) is 27.1 Å². The molecule has 0 aliphatic rings. The van der Waals surface area contributed by atoms with Crippen LogP contribution in [-0.2, 0) is 13.1 Å². The molecule has 2 aromatic carbocycles. The lowest BCUT2D eigenvalue weighted by molar-refractivity contribution is 0.240. The maximum absolute atomic E-state index is 13.0. The molecule has 0 fully saturated rings. The second kappa shape index (κ2) is 8.73. The first-order valence-corrected chi connectivity index (χ1v) is 9.74. The molecule has 0 saturated carbocycles. The molecule has 0 aliphatic carbocycles. The molecule has 2 heterocycles. The van der Waals surface area contributed by atoms with Gasteiger partial charge in [-0.3, -0.25) is 0 Å². The Morgan fingerprint density at radius 2 is 1.80 bits per heavy atom. The first-order valence-electron chi connectivity index (χ1n) is 9.74. The van der Waals surface area contributed by atoms with E-state index in [1.165, 1.54) is 17.7 Å². The molecule has 0 unspecified atom stereocenters. The number of halogens is 1. The lowest BCUT2D eigenvalue weighted by Crippen LogP contribution is -2.36. The minimum Gasteiger partial charge on any atom is -0.336 e. The number of nitrogens with zero attached hydrogens (tertiary/aromatic N) is 3. The van der Waals surface area contributed by atoms with Gasteiger partial charge in [0.15, 0.2) is 5.65 Å². The van der Waals surface area contributed by atoms with Gasteiger partial charge in [-0.1, -0.05) is 42.0 Å². The van der Waals surface area contributed by atoms with Gasteiger partial charge in [-0.05, 0) is 36.8 Å². The summed E-state index contributed by atoms with van der Waals surface area (Å²) in [7, 11) is 0. The van der Waals surface area contributed by atoms with Gasteiger partial charge in [-0.25, -0.2) is 19.2 Å². The van der Waals surface area contributed by atoms with E-state index in [1.54, 1.807) is 18.3 Å². The van der Waals surface area contributed by atoms with Crippen LogP contribution >= 0.6 is 0 Å². The molecule has 2 N–H and O–H groups in total. The maximum atomic E-state index is 13.0. The highest BCUT2D eigenvalue weighted by atomic mass is 19.1. The number of hydrogen-bond acceptors (Lipinski definition) is 3. The Morgan fingerprint density at radius 1 is 1.03 bits per heavy atom. The quantitative estimate of drug-likeness (QED) is 0.510. The molecule has 0 saturated heterocycles. The highest BCUT2D eigenvalue weighted by molar-refractivity contribution is 5.77. The van der Waals surface area contributed by atoms with Crippen LogP contribution in [0, 0.1) is 12.7 Å². The second-order valence-corrected chi connectivity index (χ2v) is 7.04. The second-order valence-electron chi connectivity index (χ2n) is 7.04. The lowest BCUT2D eigenvalue weighted by atomic mass is 10.1. The van der Waals surface area contributed by atoms with Crippen molar-refractivity contribution in [3.8, 4) is 11.4 Å². The average molecular weight is 403 g/mol. The van der Waals surface area contributed by atoms with E-state index in [4.69, 9.17) is 4.98 Å². The van der Waals surface area contributed by atoms with E-state index >= 15 is 0 Å². The summed E-state index contributed by atoms with van der Waals surface area (Å²) in [6.07, 6.45) is 1.74. The number of pyridine rings is 1. The summed E-state index contributed by atoms with van der Waals surface area (Å²) >= 11 is 0. The van der Waals surface area contributed by atoms with Gasteiger partial charge in [-0.15, -0.1) is 0 Å². The monoisotopic (exact) mass is 403 g/mol. The summed E-state index contributed by atoms with van der Waals surface area (Å²) in [6, 6.07) is 17.7. The molecule has 0 aliphatic heterocycles. The summed E-state index contributed by atoms with van der Waals surface area (Å²) in [6.45, 7) is 3.32. The number of amides is 2. The molecular weight excluding hydrogens is 381 g/mol. The lowest BCUT2D eigenvalue weighted by Gasteiger charge is -2.11. The summed E-state index contributed by atoms with van der Waals surface area (Å²) in [4.78, 5) is 21.3. The number of nitrogens with one attached hydrogen (secondary N) is 2. The van der Waals surface area contributed by atoms with Crippen molar-refractivity contribution in [1.82, 2.24) is 25.2 Å². The van der Waals surface area contributed by atoms with Crippen molar-refractivity contribution in [2.75, 3.05) is 6.54 Å². The topological polar surface area (TPSA) is 71.8 Å². The summed E-state index contributed by atoms with van der Waals surface area (Å²) in [5, 5.41) is 5.63. The number of aromatic nitrogens is 3. The summed E-state index contributed by atoms with van der Waals surface area (Å²) in [5.74, 6) is 0.519. The van der Waals surface area contributed by atoms with Gasteiger partial charge in [0, 0.05) is 31.4 Å². The van der Waals surface area contributed by atoms with Gasteiger partial charge in [0.05, 0.1) is 0 Å². The molecule has 4 rings (SSSR count). The fourth-order valence-electron chi connectivity index (χ4n) is 3.22. The van der Waals surface area contributed by atoms with E-state index in [9.17, 15) is 9.18 Å². The van der Waals surface area contributed by atoms with Crippen LogP contribution in [0.15, 0.2) is 66.9 Å². The van der Waals surface area contributed by atoms with Crippen LogP contribution in [0.5, 0.6) is 0 Å². The number of urea groups is 1. The van der Waals surface area contributed by atoms with E-state index in [-0.39, 0.29) is 11.8 Å². The Kier molecular flexibility index (Phi) is 5.70. The standard InChI is InChI=1S/C23H22FN5O/c1-16-4-8-18(9-5-16)21-28-20-3-2-12-25-22(20)29(21)14-13-26-23(30)27-15-17-6-10-19(24)11-7-17/h2-12H,13-15H2,1H3,(H2,26,27,30). The molecule has 4 aromatic rings. The third kappa shape index (κ3) is 4.46. The molecule has 7 heteroatoms. The van der Waals surface area contributed by atoms with Crippen LogP contribution in [0.25, 0.3) is 22.6 Å². The molecule has 0 spiro atoms. The van der Waals surface area contributed by atoms with Gasteiger partial charge < -0.3 is 15.2 Å². The van der Waals surface area contributed by atoms with Crippen molar-refractivity contribution in [2.24, 2.45) is 0 Å². The molecule has 2 amide bonds. The fourth-order valence-corrected chi connectivity index (χ4v) is 3.22. The summed E-state index contributed by atoms with van der Waals surface area (Å²) < 4.78 is 15.0. The molecule has 0 radical (unpaired) electrons. The number of fused-ring (bicyclic) bond motifs is 1. The zero-order valence-corrected chi connectivity index (χ0v) is 16.6. The number of imidazole rings is 1. The Bertz CT molecular complexity index is 1150. The predicted molar refractivity (Wildman–Crippen MR) is 114 cm³/mol. The SMILES string of the molecule is Cc1ccc(-c2nc3cccnc3n2CCNC(=O)NCc2ccc(F)cc2)cc1. The zero-order valence-electron chi connectivity index (χ0n) is 16.6. The van der Waals surface area contributed by atoms with E-state index in [0.29, 0.717) is 19.6 Å². The first kappa shape index (κ1) is 19.6. The smallest absolute Gasteiger partial charge is 0.315 e. The van der Waals surface area contributed by atoms with E-state index in [2.05, 4.69) is 15.6 Å². The van der Waals surface area contributed by atoms with Crippen molar-refractivity contribution in [1.29, 1.82) is 0 Å². The largest absolute Gasteiger partial charge is 0.336 e. The van der Waals surface area contributed by atoms with Gasteiger partial charge in [0.2, 0.25) is 0 Å². The minimum absolute atomic E-state index is 0.284. The van der Waals surface area contributed by atoms with E-state index < -0.39 is 0 Å². The molecule has 2 aromatic heterocycles. The molecule has 0 bridgehead atoms. The highest BCUT2D eigenvalue weighted by Crippen LogP contribution is 2.23.